The van der Waals surface area contributed by atoms with Crippen LogP contribution < -0.4 is 10.6 Å². The van der Waals surface area contributed by atoms with Crippen molar-refractivity contribution in [2.75, 3.05) is 25.0 Å². The highest BCUT2D eigenvalue weighted by Gasteiger charge is 2.15. The summed E-state index contributed by atoms with van der Waals surface area (Å²) < 4.78 is 0. The predicted molar refractivity (Wildman–Crippen MR) is 119 cm³/mol. The minimum Gasteiger partial charge on any atom is -0.351 e. The van der Waals surface area contributed by atoms with Crippen LogP contribution in [0.3, 0.4) is 0 Å². The maximum atomic E-state index is 12.3. The second kappa shape index (κ2) is 9.39. The molecule has 0 spiro atoms. The van der Waals surface area contributed by atoms with E-state index in [0.717, 1.165) is 38.2 Å². The van der Waals surface area contributed by atoms with Gasteiger partial charge in [0.25, 0.3) is 5.91 Å². The molecule has 0 fully saturated rings. The lowest BCUT2D eigenvalue weighted by atomic mass is 10.00. The summed E-state index contributed by atoms with van der Waals surface area (Å²) in [5, 5.41) is 9.30. The summed E-state index contributed by atoms with van der Waals surface area (Å²) in [6, 6.07) is 16.0. The number of thiazole rings is 1. The molecule has 29 heavy (non-hydrogen) atoms. The molecule has 1 aromatic heterocycles. The zero-order chi connectivity index (χ0) is 20.1. The lowest BCUT2D eigenvalue weighted by Gasteiger charge is -2.28. The van der Waals surface area contributed by atoms with Crippen LogP contribution in [0, 0.1) is 0 Å². The summed E-state index contributed by atoms with van der Waals surface area (Å²) in [4.78, 5) is 19.2. The molecular formula is C22H23ClN4OS. The lowest BCUT2D eigenvalue weighted by molar-refractivity contribution is 0.0947. The number of halogens is 1. The Morgan fingerprint density at radius 2 is 1.93 bits per heavy atom. The Morgan fingerprint density at radius 1 is 1.14 bits per heavy atom. The van der Waals surface area contributed by atoms with E-state index < -0.39 is 0 Å². The molecule has 0 saturated heterocycles. The van der Waals surface area contributed by atoms with Gasteiger partial charge in [0.2, 0.25) is 0 Å². The van der Waals surface area contributed by atoms with Crippen LogP contribution in [0.25, 0.3) is 0 Å². The summed E-state index contributed by atoms with van der Waals surface area (Å²) in [6.45, 7) is 3.70. The number of hydrogen-bond donors (Lipinski definition) is 2. The average molecular weight is 427 g/mol. The van der Waals surface area contributed by atoms with E-state index in [-0.39, 0.29) is 5.91 Å². The van der Waals surface area contributed by atoms with E-state index in [1.807, 2.05) is 24.3 Å². The maximum Gasteiger partial charge on any atom is 0.270 e. The topological polar surface area (TPSA) is 57.3 Å². The molecule has 4 rings (SSSR count). The van der Waals surface area contributed by atoms with Gasteiger partial charge in [-0.15, -0.1) is 11.3 Å². The molecule has 0 radical (unpaired) electrons. The number of rotatable bonds is 7. The van der Waals surface area contributed by atoms with Crippen LogP contribution in [0.4, 0.5) is 10.8 Å². The monoisotopic (exact) mass is 426 g/mol. The van der Waals surface area contributed by atoms with Crippen molar-refractivity contribution in [2.45, 2.75) is 19.4 Å². The Balaban J connectivity index is 1.20. The van der Waals surface area contributed by atoms with Crippen molar-refractivity contribution in [3.05, 3.63) is 75.8 Å². The molecule has 0 atom stereocenters. The van der Waals surface area contributed by atoms with E-state index >= 15 is 0 Å². The van der Waals surface area contributed by atoms with Crippen LogP contribution in [0.1, 0.15) is 28.0 Å². The molecule has 2 aromatic carbocycles. The number of fused-ring (bicyclic) bond motifs is 1. The van der Waals surface area contributed by atoms with Crippen molar-refractivity contribution >= 4 is 39.7 Å². The summed E-state index contributed by atoms with van der Waals surface area (Å²) in [5.74, 6) is -0.130. The number of hydrogen-bond acceptors (Lipinski definition) is 5. The number of nitrogens with one attached hydrogen (secondary N) is 2. The number of anilines is 2. The van der Waals surface area contributed by atoms with Crippen molar-refractivity contribution in [3.63, 3.8) is 0 Å². The fourth-order valence-corrected chi connectivity index (χ4v) is 4.27. The number of nitrogens with zero attached hydrogens (tertiary/aromatic N) is 2. The quantitative estimate of drug-likeness (QED) is 0.537. The first kappa shape index (κ1) is 19.9. The van der Waals surface area contributed by atoms with E-state index in [0.29, 0.717) is 22.4 Å². The van der Waals surface area contributed by atoms with Gasteiger partial charge in [-0.3, -0.25) is 9.69 Å². The SMILES string of the molecule is O=C(NCCCN1CCc2ccccc2C1)c1csc(Nc2ccc(Cl)cc2)n1. The number of carbonyl (C=O) groups excluding carboxylic acids is 1. The van der Waals surface area contributed by atoms with E-state index in [2.05, 4.69) is 44.8 Å². The van der Waals surface area contributed by atoms with Crippen LogP contribution in [0.2, 0.25) is 5.02 Å². The van der Waals surface area contributed by atoms with Crippen LogP contribution in [0.5, 0.6) is 0 Å². The Bertz CT molecular complexity index is 973. The Labute approximate surface area is 179 Å². The number of benzene rings is 2. The second-order valence-electron chi connectivity index (χ2n) is 7.07. The van der Waals surface area contributed by atoms with Gasteiger partial charge >= 0.3 is 0 Å². The summed E-state index contributed by atoms with van der Waals surface area (Å²) in [6.07, 6.45) is 2.03. The molecular weight excluding hydrogens is 404 g/mol. The summed E-state index contributed by atoms with van der Waals surface area (Å²) in [5.41, 5.74) is 4.21. The van der Waals surface area contributed by atoms with Crippen LogP contribution in [0.15, 0.2) is 53.9 Å². The highest BCUT2D eigenvalue weighted by molar-refractivity contribution is 7.14. The molecule has 7 heteroatoms. The Morgan fingerprint density at radius 3 is 2.76 bits per heavy atom. The molecule has 1 amide bonds. The van der Waals surface area contributed by atoms with Crippen LogP contribution >= 0.6 is 22.9 Å². The van der Waals surface area contributed by atoms with E-state index in [9.17, 15) is 4.79 Å². The molecule has 0 bridgehead atoms. The predicted octanol–water partition coefficient (Wildman–Crippen LogP) is 4.72. The highest BCUT2D eigenvalue weighted by atomic mass is 35.5. The average Bonchev–Trinajstić information content (AvgIpc) is 3.21. The molecule has 3 aromatic rings. The largest absolute Gasteiger partial charge is 0.351 e. The van der Waals surface area contributed by atoms with Crippen LogP contribution in [-0.2, 0) is 13.0 Å². The van der Waals surface area contributed by atoms with Gasteiger partial charge in [-0.2, -0.15) is 0 Å². The van der Waals surface area contributed by atoms with E-state index in [4.69, 9.17) is 11.6 Å². The first-order valence-electron chi connectivity index (χ1n) is 9.73. The minimum atomic E-state index is -0.130. The first-order chi connectivity index (χ1) is 14.2. The van der Waals surface area contributed by atoms with E-state index in [1.165, 1.54) is 22.5 Å². The molecule has 1 aliphatic heterocycles. The molecule has 2 heterocycles. The molecule has 1 aliphatic rings. The molecule has 150 valence electrons. The fraction of sp³-hybridized carbons (Fsp3) is 0.273. The van der Waals surface area contributed by atoms with Crippen molar-refractivity contribution in [1.82, 2.24) is 15.2 Å². The standard InChI is InChI=1S/C22H23ClN4OS/c23-18-6-8-19(9-7-18)25-22-26-20(15-29-22)21(28)24-11-3-12-27-13-10-16-4-1-2-5-17(16)14-27/h1-2,4-9,15H,3,10-14H2,(H,24,28)(H,25,26). The van der Waals surface area contributed by atoms with Gasteiger partial charge in [-0.1, -0.05) is 35.9 Å². The van der Waals surface area contributed by atoms with Crippen LogP contribution in [-0.4, -0.2) is 35.4 Å². The van der Waals surface area contributed by atoms with Crippen molar-refractivity contribution in [1.29, 1.82) is 0 Å². The van der Waals surface area contributed by atoms with Gasteiger partial charge in [0.15, 0.2) is 5.13 Å². The Hall–Kier alpha value is -2.41. The van der Waals surface area contributed by atoms with Gasteiger partial charge < -0.3 is 10.6 Å². The third kappa shape index (κ3) is 5.35. The van der Waals surface area contributed by atoms with Gasteiger partial charge in [-0.05, 0) is 48.2 Å². The van der Waals surface area contributed by atoms with Gasteiger partial charge in [0, 0.05) is 42.3 Å². The van der Waals surface area contributed by atoms with Gasteiger partial charge in [0.05, 0.1) is 0 Å². The number of aromatic nitrogens is 1. The summed E-state index contributed by atoms with van der Waals surface area (Å²) >= 11 is 7.30. The van der Waals surface area contributed by atoms with Crippen molar-refractivity contribution < 1.29 is 4.79 Å². The first-order valence-corrected chi connectivity index (χ1v) is 11.0. The molecule has 0 unspecified atom stereocenters. The van der Waals surface area contributed by atoms with Crippen molar-refractivity contribution in [2.24, 2.45) is 0 Å². The van der Waals surface area contributed by atoms with E-state index in [1.54, 1.807) is 5.38 Å². The maximum absolute atomic E-state index is 12.3. The molecule has 0 aliphatic carbocycles. The Kier molecular flexibility index (Phi) is 6.44. The summed E-state index contributed by atoms with van der Waals surface area (Å²) in [7, 11) is 0. The molecule has 2 N–H and O–H groups in total. The molecule has 5 nitrogen and oxygen atoms in total. The van der Waals surface area contributed by atoms with Gasteiger partial charge in [0.1, 0.15) is 5.69 Å². The third-order valence-corrected chi connectivity index (χ3v) is 5.99. The minimum absolute atomic E-state index is 0.130. The number of amides is 1. The third-order valence-electron chi connectivity index (χ3n) is 4.98. The lowest BCUT2D eigenvalue weighted by Crippen LogP contribution is -2.33. The smallest absolute Gasteiger partial charge is 0.270 e. The fourth-order valence-electron chi connectivity index (χ4n) is 3.43. The van der Waals surface area contributed by atoms with Crippen molar-refractivity contribution in [3.8, 4) is 0 Å². The molecule has 0 saturated carbocycles. The second-order valence-corrected chi connectivity index (χ2v) is 8.37. The highest BCUT2D eigenvalue weighted by Crippen LogP contribution is 2.22. The van der Waals surface area contributed by atoms with Gasteiger partial charge in [-0.25, -0.2) is 4.98 Å². The zero-order valence-corrected chi connectivity index (χ0v) is 17.6. The number of carbonyl (C=O) groups is 1. The normalized spacial score (nSPS) is 13.7. The zero-order valence-electron chi connectivity index (χ0n) is 16.0.